The molecule has 1 aliphatic rings. The van der Waals surface area contributed by atoms with Crippen LogP contribution in [0.1, 0.15) is 19.2 Å². The van der Waals surface area contributed by atoms with Crippen molar-refractivity contribution in [1.82, 2.24) is 4.57 Å². The van der Waals surface area contributed by atoms with Crippen LogP contribution in [0.4, 0.5) is 5.69 Å². The zero-order valence-corrected chi connectivity index (χ0v) is 18.8. The van der Waals surface area contributed by atoms with Crippen molar-refractivity contribution in [3.05, 3.63) is 64.5 Å². The molecule has 0 spiro atoms. The Morgan fingerprint density at radius 1 is 1.17 bits per heavy atom. The van der Waals surface area contributed by atoms with Crippen LogP contribution in [0, 0.1) is 0 Å². The summed E-state index contributed by atoms with van der Waals surface area (Å²) in [6.07, 6.45) is 4.02. The Hall–Kier alpha value is -2.21. The number of ether oxygens (including phenoxy) is 1. The minimum absolute atomic E-state index is 0. The lowest BCUT2D eigenvalue weighted by atomic mass is 10.1. The number of carbonyl (C=O) groups excluding carboxylic acids is 1. The first-order valence-electron chi connectivity index (χ1n) is 9.65. The maximum absolute atomic E-state index is 12.6. The minimum atomic E-state index is -0.0693. The van der Waals surface area contributed by atoms with Gasteiger partial charge in [0, 0.05) is 11.3 Å². The number of amides is 1. The SMILES string of the molecule is CCOc1ccc(NC(=O)C[n+]2cc(-c3ccc(Cl)c(Cl)c3)n3c2CCC3)cc1.[Cl-]. The predicted molar refractivity (Wildman–Crippen MR) is 115 cm³/mol. The highest BCUT2D eigenvalue weighted by molar-refractivity contribution is 6.42. The quantitative estimate of drug-likeness (QED) is 0.563. The van der Waals surface area contributed by atoms with Crippen LogP contribution in [0.15, 0.2) is 48.7 Å². The van der Waals surface area contributed by atoms with E-state index < -0.39 is 0 Å². The summed E-state index contributed by atoms with van der Waals surface area (Å²) in [6, 6.07) is 13.0. The Morgan fingerprint density at radius 2 is 1.93 bits per heavy atom. The highest BCUT2D eigenvalue weighted by Gasteiger charge is 2.29. The van der Waals surface area contributed by atoms with Crippen LogP contribution in [0.5, 0.6) is 5.75 Å². The molecule has 0 fully saturated rings. The number of halogens is 3. The topological polar surface area (TPSA) is 47.1 Å². The number of benzene rings is 2. The lowest BCUT2D eigenvalue weighted by Crippen LogP contribution is -3.00. The maximum Gasteiger partial charge on any atom is 0.266 e. The van der Waals surface area contributed by atoms with E-state index in [0.29, 0.717) is 16.7 Å². The molecule has 8 heteroatoms. The van der Waals surface area contributed by atoms with Crippen molar-refractivity contribution in [3.63, 3.8) is 0 Å². The molecule has 30 heavy (non-hydrogen) atoms. The standard InChI is InChI=1S/C22H21Cl2N3O2.ClH/c1-2-29-17-8-6-16(7-9-17)25-21(28)14-26-13-20(27-11-3-4-22(26)27)15-5-10-18(23)19(24)12-15;/h5-10,12-13H,2-4,11,14H2,1H3;1H. The third-order valence-electron chi connectivity index (χ3n) is 4.97. The highest BCUT2D eigenvalue weighted by Crippen LogP contribution is 2.30. The minimum Gasteiger partial charge on any atom is -1.00 e. The summed E-state index contributed by atoms with van der Waals surface area (Å²) in [5.74, 6) is 1.87. The van der Waals surface area contributed by atoms with Gasteiger partial charge in [0.15, 0.2) is 12.2 Å². The number of aromatic nitrogens is 2. The fourth-order valence-electron chi connectivity index (χ4n) is 3.69. The third-order valence-corrected chi connectivity index (χ3v) is 5.71. The second-order valence-electron chi connectivity index (χ2n) is 6.95. The summed E-state index contributed by atoms with van der Waals surface area (Å²) in [6.45, 7) is 3.74. The van der Waals surface area contributed by atoms with Gasteiger partial charge in [0.1, 0.15) is 11.9 Å². The summed E-state index contributed by atoms with van der Waals surface area (Å²) in [4.78, 5) is 12.6. The molecule has 0 saturated heterocycles. The van der Waals surface area contributed by atoms with Crippen molar-refractivity contribution in [1.29, 1.82) is 0 Å². The van der Waals surface area contributed by atoms with Crippen molar-refractivity contribution in [2.45, 2.75) is 32.9 Å². The highest BCUT2D eigenvalue weighted by atomic mass is 35.5. The summed E-state index contributed by atoms with van der Waals surface area (Å²) in [7, 11) is 0. The molecule has 1 aliphatic heterocycles. The van der Waals surface area contributed by atoms with Crippen LogP contribution in [0.3, 0.4) is 0 Å². The molecule has 0 unspecified atom stereocenters. The molecule has 0 radical (unpaired) electrons. The Bertz CT molecular complexity index is 1050. The van der Waals surface area contributed by atoms with Gasteiger partial charge in [-0.25, -0.2) is 9.13 Å². The van der Waals surface area contributed by atoms with E-state index in [1.54, 1.807) is 6.07 Å². The van der Waals surface area contributed by atoms with Crippen molar-refractivity contribution >= 4 is 34.8 Å². The summed E-state index contributed by atoms with van der Waals surface area (Å²) in [5.41, 5.74) is 2.79. The molecule has 0 atom stereocenters. The molecule has 5 nitrogen and oxygen atoms in total. The van der Waals surface area contributed by atoms with Gasteiger partial charge in [-0.3, -0.25) is 4.79 Å². The number of anilines is 1. The summed E-state index contributed by atoms with van der Waals surface area (Å²) < 4.78 is 9.71. The normalized spacial score (nSPS) is 12.2. The molecule has 3 aromatic rings. The third kappa shape index (κ3) is 4.75. The number of rotatable bonds is 6. The van der Waals surface area contributed by atoms with E-state index in [9.17, 15) is 4.79 Å². The van der Waals surface area contributed by atoms with Gasteiger partial charge < -0.3 is 22.5 Å². The molecule has 1 N–H and O–H groups in total. The van der Waals surface area contributed by atoms with Gasteiger partial charge in [-0.1, -0.05) is 23.2 Å². The second kappa shape index (κ2) is 9.73. The molecule has 0 saturated carbocycles. The Morgan fingerprint density at radius 3 is 2.63 bits per heavy atom. The summed E-state index contributed by atoms with van der Waals surface area (Å²) >= 11 is 12.3. The van der Waals surface area contributed by atoms with Crippen molar-refractivity contribution in [2.75, 3.05) is 11.9 Å². The lowest BCUT2D eigenvalue weighted by molar-refractivity contribution is -0.690. The molecule has 2 aromatic carbocycles. The average molecular weight is 467 g/mol. The molecule has 2 heterocycles. The number of fused-ring (bicyclic) bond motifs is 1. The number of nitrogens with zero attached hydrogens (tertiary/aromatic N) is 2. The predicted octanol–water partition coefficient (Wildman–Crippen LogP) is 1.74. The largest absolute Gasteiger partial charge is 1.00 e. The van der Waals surface area contributed by atoms with Gasteiger partial charge in [-0.2, -0.15) is 0 Å². The first-order valence-corrected chi connectivity index (χ1v) is 10.4. The second-order valence-corrected chi connectivity index (χ2v) is 7.76. The first kappa shape index (κ1) is 22.5. The van der Waals surface area contributed by atoms with E-state index in [1.165, 1.54) is 0 Å². The molecule has 158 valence electrons. The van der Waals surface area contributed by atoms with Crippen LogP contribution < -0.4 is 27.0 Å². The van der Waals surface area contributed by atoms with Crippen LogP contribution in [-0.2, 0) is 24.3 Å². The van der Waals surface area contributed by atoms with E-state index in [2.05, 4.69) is 9.88 Å². The van der Waals surface area contributed by atoms with Gasteiger partial charge >= 0.3 is 0 Å². The van der Waals surface area contributed by atoms with Gasteiger partial charge in [0.2, 0.25) is 0 Å². The van der Waals surface area contributed by atoms with Gasteiger partial charge in [-0.15, -0.1) is 0 Å². The van der Waals surface area contributed by atoms with Crippen LogP contribution in [0.2, 0.25) is 10.0 Å². The first-order chi connectivity index (χ1) is 14.0. The molecule has 0 aliphatic carbocycles. The molecule has 1 aromatic heterocycles. The van der Waals surface area contributed by atoms with Gasteiger partial charge in [0.25, 0.3) is 11.7 Å². The molecular weight excluding hydrogens is 445 g/mol. The van der Waals surface area contributed by atoms with E-state index >= 15 is 0 Å². The Balaban J connectivity index is 0.00000256. The van der Waals surface area contributed by atoms with Crippen LogP contribution in [-0.4, -0.2) is 17.1 Å². The number of carbonyl (C=O) groups is 1. The molecule has 1 amide bonds. The molecular formula is C22H22Cl3N3O2. The van der Waals surface area contributed by atoms with Gasteiger partial charge in [0.05, 0.1) is 29.6 Å². The van der Waals surface area contributed by atoms with E-state index in [0.717, 1.165) is 47.9 Å². The maximum atomic E-state index is 12.6. The van der Waals surface area contributed by atoms with Crippen molar-refractivity contribution in [3.8, 4) is 17.0 Å². The fourth-order valence-corrected chi connectivity index (χ4v) is 3.99. The van der Waals surface area contributed by atoms with Gasteiger partial charge in [-0.05, 0) is 55.8 Å². The average Bonchev–Trinajstić information content (AvgIpc) is 3.30. The zero-order valence-electron chi connectivity index (χ0n) is 16.5. The lowest BCUT2D eigenvalue weighted by Gasteiger charge is -2.06. The van der Waals surface area contributed by atoms with Crippen molar-refractivity contribution < 1.29 is 26.5 Å². The Kier molecular flexibility index (Phi) is 7.29. The van der Waals surface area contributed by atoms with Crippen LogP contribution >= 0.6 is 23.2 Å². The molecule has 0 bridgehead atoms. The fraction of sp³-hybridized carbons (Fsp3) is 0.273. The van der Waals surface area contributed by atoms with E-state index in [-0.39, 0.29) is 24.9 Å². The number of nitrogens with one attached hydrogen (secondary N) is 1. The molecule has 4 rings (SSSR count). The van der Waals surface area contributed by atoms with Crippen molar-refractivity contribution in [2.24, 2.45) is 0 Å². The monoisotopic (exact) mass is 465 g/mol. The Labute approximate surface area is 192 Å². The van der Waals surface area contributed by atoms with E-state index in [1.807, 2.05) is 54.1 Å². The number of hydrogen-bond acceptors (Lipinski definition) is 2. The number of hydrogen-bond donors (Lipinski definition) is 1. The van der Waals surface area contributed by atoms with Crippen LogP contribution in [0.25, 0.3) is 11.3 Å². The summed E-state index contributed by atoms with van der Waals surface area (Å²) in [5, 5.41) is 4.01. The smallest absolute Gasteiger partial charge is 0.266 e. The zero-order chi connectivity index (χ0) is 20.4. The number of imidazole rings is 1. The van der Waals surface area contributed by atoms with E-state index in [4.69, 9.17) is 27.9 Å².